The van der Waals surface area contributed by atoms with Crippen LogP contribution in [0.1, 0.15) is 28.5 Å². The number of carbonyl (C=O) groups excluding carboxylic acids is 2. The van der Waals surface area contributed by atoms with Crippen LogP contribution in [-0.4, -0.2) is 35.8 Å². The number of nitrogens with zero attached hydrogens (tertiary/aromatic N) is 2. The summed E-state index contributed by atoms with van der Waals surface area (Å²) in [5.41, 5.74) is 1.12. The van der Waals surface area contributed by atoms with Crippen LogP contribution in [0.5, 0.6) is 0 Å². The summed E-state index contributed by atoms with van der Waals surface area (Å²) >= 11 is 5.78. The number of pyridine rings is 1. The zero-order valence-electron chi connectivity index (χ0n) is 13.0. The molecule has 2 amide bonds. The van der Waals surface area contributed by atoms with E-state index in [0.29, 0.717) is 5.02 Å². The number of rotatable bonds is 5. The summed E-state index contributed by atoms with van der Waals surface area (Å²) in [4.78, 5) is 29.9. The predicted molar refractivity (Wildman–Crippen MR) is 89.2 cm³/mol. The number of hydrogen-bond acceptors (Lipinski definition) is 3. The summed E-state index contributed by atoms with van der Waals surface area (Å²) in [6, 6.07) is 12.1. The van der Waals surface area contributed by atoms with Crippen LogP contribution in [0.4, 0.5) is 0 Å². The van der Waals surface area contributed by atoms with Crippen LogP contribution in [-0.2, 0) is 4.79 Å². The number of benzene rings is 1. The van der Waals surface area contributed by atoms with Gasteiger partial charge < -0.3 is 10.2 Å². The highest BCUT2D eigenvalue weighted by Crippen LogP contribution is 2.18. The molecule has 0 bridgehead atoms. The van der Waals surface area contributed by atoms with Crippen molar-refractivity contribution in [1.82, 2.24) is 15.2 Å². The fraction of sp³-hybridized carbons (Fsp3) is 0.235. The number of nitrogens with one attached hydrogen (secondary N) is 1. The Morgan fingerprint density at radius 1 is 1.17 bits per heavy atom. The summed E-state index contributed by atoms with van der Waals surface area (Å²) in [6.07, 6.45) is 1.59. The van der Waals surface area contributed by atoms with Gasteiger partial charge in [0.25, 0.3) is 5.91 Å². The van der Waals surface area contributed by atoms with Crippen molar-refractivity contribution in [2.45, 2.75) is 12.5 Å². The van der Waals surface area contributed by atoms with E-state index in [1.807, 2.05) is 30.3 Å². The highest BCUT2D eigenvalue weighted by Gasteiger charge is 2.20. The normalized spacial score (nSPS) is 11.6. The van der Waals surface area contributed by atoms with Crippen molar-refractivity contribution < 1.29 is 9.59 Å². The van der Waals surface area contributed by atoms with Crippen molar-refractivity contribution in [1.29, 1.82) is 0 Å². The smallest absolute Gasteiger partial charge is 0.270 e. The molecule has 2 rings (SSSR count). The van der Waals surface area contributed by atoms with Crippen molar-refractivity contribution in [3.8, 4) is 0 Å². The van der Waals surface area contributed by atoms with Crippen molar-refractivity contribution in [2.75, 3.05) is 14.1 Å². The molecule has 0 saturated carbocycles. The Hall–Kier alpha value is -2.40. The molecular weight excluding hydrogens is 314 g/mol. The molecule has 0 aliphatic carbocycles. The topological polar surface area (TPSA) is 62.3 Å². The summed E-state index contributed by atoms with van der Waals surface area (Å²) < 4.78 is 0. The maximum atomic E-state index is 12.3. The molecule has 1 heterocycles. The van der Waals surface area contributed by atoms with Gasteiger partial charge in [-0.05, 0) is 17.7 Å². The number of halogens is 1. The predicted octanol–water partition coefficient (Wildman–Crippen LogP) is 2.68. The third-order valence-electron chi connectivity index (χ3n) is 3.34. The van der Waals surface area contributed by atoms with Crippen molar-refractivity contribution in [2.24, 2.45) is 0 Å². The molecule has 0 saturated heterocycles. The van der Waals surface area contributed by atoms with Gasteiger partial charge in [0.05, 0.1) is 17.5 Å². The third-order valence-corrected chi connectivity index (χ3v) is 3.57. The summed E-state index contributed by atoms with van der Waals surface area (Å²) in [7, 11) is 3.37. The lowest BCUT2D eigenvalue weighted by Crippen LogP contribution is -2.33. The van der Waals surface area contributed by atoms with E-state index in [9.17, 15) is 9.59 Å². The largest absolute Gasteiger partial charge is 0.349 e. The molecule has 6 heteroatoms. The van der Waals surface area contributed by atoms with Gasteiger partial charge in [-0.3, -0.25) is 9.59 Å². The van der Waals surface area contributed by atoms with Crippen LogP contribution in [0.3, 0.4) is 0 Å². The molecule has 0 fully saturated rings. The first-order valence-electron chi connectivity index (χ1n) is 7.15. The fourth-order valence-corrected chi connectivity index (χ4v) is 2.15. The molecule has 1 atom stereocenters. The van der Waals surface area contributed by atoms with Gasteiger partial charge in [-0.2, -0.15) is 0 Å². The zero-order valence-corrected chi connectivity index (χ0v) is 13.7. The average molecular weight is 332 g/mol. The molecule has 23 heavy (non-hydrogen) atoms. The molecule has 1 unspecified atom stereocenters. The van der Waals surface area contributed by atoms with E-state index in [4.69, 9.17) is 11.6 Å². The first-order valence-corrected chi connectivity index (χ1v) is 7.52. The molecular formula is C17H18ClN3O2. The Morgan fingerprint density at radius 3 is 2.43 bits per heavy atom. The minimum atomic E-state index is -0.420. The van der Waals surface area contributed by atoms with E-state index in [1.54, 1.807) is 26.2 Å². The molecule has 0 radical (unpaired) electrons. The lowest BCUT2D eigenvalue weighted by atomic mass is 10.0. The van der Waals surface area contributed by atoms with Gasteiger partial charge in [-0.15, -0.1) is 0 Å². The Labute approximate surface area is 140 Å². The van der Waals surface area contributed by atoms with E-state index in [0.717, 1.165) is 5.56 Å². The summed E-state index contributed by atoms with van der Waals surface area (Å²) in [5.74, 6) is -0.412. The molecule has 120 valence electrons. The number of aromatic nitrogens is 1. The molecule has 0 aliphatic rings. The van der Waals surface area contributed by atoms with Crippen LogP contribution < -0.4 is 5.32 Å². The minimum absolute atomic E-state index is 0.0665. The quantitative estimate of drug-likeness (QED) is 0.916. The first kappa shape index (κ1) is 17.0. The Bertz CT molecular complexity index is 672. The monoisotopic (exact) mass is 331 g/mol. The van der Waals surface area contributed by atoms with E-state index in [2.05, 4.69) is 10.3 Å². The third kappa shape index (κ3) is 4.79. The van der Waals surface area contributed by atoms with Crippen molar-refractivity contribution in [3.63, 3.8) is 0 Å². The van der Waals surface area contributed by atoms with Crippen LogP contribution in [0, 0.1) is 0 Å². The molecule has 2 aromatic rings. The van der Waals surface area contributed by atoms with E-state index in [-0.39, 0.29) is 23.9 Å². The van der Waals surface area contributed by atoms with Gasteiger partial charge in [0.2, 0.25) is 5.91 Å². The Balaban J connectivity index is 2.18. The Morgan fingerprint density at radius 2 is 1.87 bits per heavy atom. The molecule has 1 aromatic heterocycles. The second-order valence-electron chi connectivity index (χ2n) is 5.29. The summed E-state index contributed by atoms with van der Waals surface area (Å²) in [6.45, 7) is 0. The number of hydrogen-bond donors (Lipinski definition) is 1. The molecule has 1 N–H and O–H groups in total. The van der Waals surface area contributed by atoms with Crippen LogP contribution in [0.15, 0.2) is 48.7 Å². The fourth-order valence-electron chi connectivity index (χ4n) is 2.04. The van der Waals surface area contributed by atoms with Gasteiger partial charge in [0.15, 0.2) is 0 Å². The van der Waals surface area contributed by atoms with Gasteiger partial charge in [0, 0.05) is 20.3 Å². The number of amides is 2. The second-order valence-corrected chi connectivity index (χ2v) is 5.73. The van der Waals surface area contributed by atoms with E-state index in [1.165, 1.54) is 11.1 Å². The maximum absolute atomic E-state index is 12.3. The molecule has 0 spiro atoms. The molecule has 0 aliphatic heterocycles. The highest BCUT2D eigenvalue weighted by atomic mass is 35.5. The van der Waals surface area contributed by atoms with Crippen LogP contribution in [0.25, 0.3) is 0 Å². The second kappa shape index (κ2) is 7.74. The van der Waals surface area contributed by atoms with Gasteiger partial charge >= 0.3 is 0 Å². The lowest BCUT2D eigenvalue weighted by Gasteiger charge is -2.20. The van der Waals surface area contributed by atoms with Crippen LogP contribution in [0.2, 0.25) is 5.02 Å². The van der Waals surface area contributed by atoms with Gasteiger partial charge in [0.1, 0.15) is 5.69 Å². The van der Waals surface area contributed by atoms with Crippen LogP contribution >= 0.6 is 11.6 Å². The first-order chi connectivity index (χ1) is 11.0. The van der Waals surface area contributed by atoms with Gasteiger partial charge in [-0.25, -0.2) is 4.98 Å². The zero-order chi connectivity index (χ0) is 16.8. The van der Waals surface area contributed by atoms with Gasteiger partial charge in [-0.1, -0.05) is 41.9 Å². The molecule has 5 nitrogen and oxygen atoms in total. The van der Waals surface area contributed by atoms with E-state index < -0.39 is 6.04 Å². The van der Waals surface area contributed by atoms with Crippen molar-refractivity contribution >= 4 is 23.4 Å². The SMILES string of the molecule is CN(C)C(=O)CC(NC(=O)c1ccc(Cl)cn1)c1ccccc1. The minimum Gasteiger partial charge on any atom is -0.349 e. The summed E-state index contributed by atoms with van der Waals surface area (Å²) in [5, 5.41) is 3.32. The standard InChI is InChI=1S/C17H18ClN3O2/c1-21(2)16(22)10-15(12-6-4-3-5-7-12)20-17(23)14-9-8-13(18)11-19-14/h3-9,11,15H,10H2,1-2H3,(H,20,23). The maximum Gasteiger partial charge on any atom is 0.270 e. The molecule has 1 aromatic carbocycles. The van der Waals surface area contributed by atoms with E-state index >= 15 is 0 Å². The Kier molecular flexibility index (Phi) is 5.71. The number of carbonyl (C=O) groups is 2. The average Bonchev–Trinajstić information content (AvgIpc) is 2.55. The van der Waals surface area contributed by atoms with Crippen molar-refractivity contribution in [3.05, 3.63) is 64.9 Å². The highest BCUT2D eigenvalue weighted by molar-refractivity contribution is 6.30. The lowest BCUT2D eigenvalue weighted by molar-refractivity contribution is -0.129.